The summed E-state index contributed by atoms with van der Waals surface area (Å²) >= 11 is 0. The molecule has 0 spiro atoms. The van der Waals surface area contributed by atoms with E-state index in [0.717, 1.165) is 23.6 Å². The Labute approximate surface area is 119 Å². The molecule has 0 aromatic carbocycles. The van der Waals surface area contributed by atoms with Gasteiger partial charge in [-0.2, -0.15) is 0 Å². The molecule has 1 N–H and O–H groups in total. The molecular weight excluding hydrogens is 248 g/mol. The van der Waals surface area contributed by atoms with Crippen molar-refractivity contribution in [2.75, 3.05) is 5.32 Å². The van der Waals surface area contributed by atoms with E-state index < -0.39 is 0 Å². The van der Waals surface area contributed by atoms with E-state index in [0.29, 0.717) is 12.0 Å². The van der Waals surface area contributed by atoms with E-state index in [9.17, 15) is 0 Å². The molecule has 0 radical (unpaired) electrons. The number of aryl methyl sites for hydroxylation is 1. The molecule has 0 aliphatic heterocycles. The van der Waals surface area contributed by atoms with Crippen molar-refractivity contribution in [2.24, 2.45) is 0 Å². The van der Waals surface area contributed by atoms with Crippen LogP contribution in [-0.2, 0) is 6.42 Å². The largest absolute Gasteiger partial charge is 0.367 e. The number of pyridine rings is 1. The lowest BCUT2D eigenvalue weighted by molar-refractivity contribution is 0.760. The second-order valence-electron chi connectivity index (χ2n) is 5.62. The molecule has 104 valence electrons. The van der Waals surface area contributed by atoms with E-state index in [-0.39, 0.29) is 0 Å². The number of nitrogens with one attached hydrogen (secondary N) is 1. The molecule has 2 aromatic rings. The van der Waals surface area contributed by atoms with Crippen LogP contribution in [0.1, 0.15) is 42.8 Å². The van der Waals surface area contributed by atoms with E-state index in [1.807, 2.05) is 13.0 Å². The summed E-state index contributed by atoms with van der Waals surface area (Å²) in [6, 6.07) is 8.53. The van der Waals surface area contributed by atoms with Gasteiger partial charge in [-0.15, -0.1) is 0 Å². The Bertz CT molecular complexity index is 593. The lowest BCUT2D eigenvalue weighted by Gasteiger charge is -2.14. The fourth-order valence-corrected chi connectivity index (χ4v) is 2.38. The predicted molar refractivity (Wildman–Crippen MR) is 79.8 cm³/mol. The monoisotopic (exact) mass is 268 g/mol. The maximum atomic E-state index is 4.54. The average Bonchev–Trinajstić information content (AvgIpc) is 3.23. The third-order valence-corrected chi connectivity index (χ3v) is 3.54. The predicted octanol–water partition coefficient (Wildman–Crippen LogP) is 3.10. The first-order chi connectivity index (χ1) is 9.70. The van der Waals surface area contributed by atoms with Crippen LogP contribution in [0, 0.1) is 6.92 Å². The van der Waals surface area contributed by atoms with Crippen LogP contribution in [0.25, 0.3) is 0 Å². The molecule has 3 rings (SSSR count). The van der Waals surface area contributed by atoms with Gasteiger partial charge in [0.25, 0.3) is 0 Å². The van der Waals surface area contributed by atoms with Crippen LogP contribution in [0.5, 0.6) is 0 Å². The van der Waals surface area contributed by atoms with Crippen molar-refractivity contribution >= 4 is 5.82 Å². The summed E-state index contributed by atoms with van der Waals surface area (Å²) in [7, 11) is 0. The number of hydrogen-bond donors (Lipinski definition) is 1. The van der Waals surface area contributed by atoms with Gasteiger partial charge >= 0.3 is 0 Å². The molecule has 1 unspecified atom stereocenters. The molecule has 1 fully saturated rings. The van der Waals surface area contributed by atoms with Crippen molar-refractivity contribution in [3.05, 3.63) is 47.7 Å². The summed E-state index contributed by atoms with van der Waals surface area (Å²) in [5, 5.41) is 3.44. The van der Waals surface area contributed by atoms with Gasteiger partial charge in [0.2, 0.25) is 0 Å². The first-order valence-corrected chi connectivity index (χ1v) is 7.22. The maximum Gasteiger partial charge on any atom is 0.129 e. The first kappa shape index (κ1) is 13.0. The smallest absolute Gasteiger partial charge is 0.129 e. The fourth-order valence-electron chi connectivity index (χ4n) is 2.38. The van der Waals surface area contributed by atoms with E-state index in [1.54, 1.807) is 6.33 Å². The highest BCUT2D eigenvalue weighted by Gasteiger charge is 2.25. The summed E-state index contributed by atoms with van der Waals surface area (Å²) in [4.78, 5) is 13.2. The van der Waals surface area contributed by atoms with E-state index >= 15 is 0 Å². The number of rotatable bonds is 5. The summed E-state index contributed by atoms with van der Waals surface area (Å²) in [5.41, 5.74) is 3.35. The van der Waals surface area contributed by atoms with Gasteiger partial charge in [-0.3, -0.25) is 4.98 Å². The van der Waals surface area contributed by atoms with Crippen LogP contribution in [0.4, 0.5) is 5.82 Å². The van der Waals surface area contributed by atoms with Gasteiger partial charge in [0.15, 0.2) is 0 Å². The second-order valence-corrected chi connectivity index (χ2v) is 5.62. The van der Waals surface area contributed by atoms with Crippen LogP contribution in [0.15, 0.2) is 30.6 Å². The number of anilines is 1. The standard InChI is InChI=1S/C16H20N4/c1-11-4-3-5-14(19-11)8-12(2)20-16-9-15(13-6-7-13)17-10-18-16/h3-5,9-10,12-13H,6-8H2,1-2H3,(H,17,18,20). The Kier molecular flexibility index (Phi) is 3.63. The van der Waals surface area contributed by atoms with Crippen molar-refractivity contribution in [1.29, 1.82) is 0 Å². The zero-order chi connectivity index (χ0) is 13.9. The summed E-state index contributed by atoms with van der Waals surface area (Å²) in [6.45, 7) is 4.18. The molecule has 1 aliphatic rings. The van der Waals surface area contributed by atoms with Gasteiger partial charge in [0, 0.05) is 41.5 Å². The van der Waals surface area contributed by atoms with Crippen molar-refractivity contribution in [3.8, 4) is 0 Å². The van der Waals surface area contributed by atoms with Crippen molar-refractivity contribution in [2.45, 2.75) is 45.1 Å². The Morgan fingerprint density at radius 2 is 2.15 bits per heavy atom. The highest BCUT2D eigenvalue weighted by Crippen LogP contribution is 2.39. The van der Waals surface area contributed by atoms with Crippen LogP contribution in [0.2, 0.25) is 0 Å². The van der Waals surface area contributed by atoms with Crippen LogP contribution in [0.3, 0.4) is 0 Å². The lowest BCUT2D eigenvalue weighted by atomic mass is 10.1. The minimum absolute atomic E-state index is 0.297. The van der Waals surface area contributed by atoms with Gasteiger partial charge in [-0.25, -0.2) is 9.97 Å². The first-order valence-electron chi connectivity index (χ1n) is 7.22. The minimum Gasteiger partial charge on any atom is -0.367 e. The molecule has 0 amide bonds. The quantitative estimate of drug-likeness (QED) is 0.905. The van der Waals surface area contributed by atoms with Crippen LogP contribution < -0.4 is 5.32 Å². The Morgan fingerprint density at radius 3 is 2.90 bits per heavy atom. The minimum atomic E-state index is 0.297. The molecule has 1 aliphatic carbocycles. The molecule has 4 heteroatoms. The van der Waals surface area contributed by atoms with E-state index in [1.165, 1.54) is 18.5 Å². The summed E-state index contributed by atoms with van der Waals surface area (Å²) < 4.78 is 0. The topological polar surface area (TPSA) is 50.7 Å². The zero-order valence-corrected chi connectivity index (χ0v) is 12.0. The van der Waals surface area contributed by atoms with E-state index in [4.69, 9.17) is 0 Å². The number of aromatic nitrogens is 3. The molecule has 1 saturated carbocycles. The fraction of sp³-hybridized carbons (Fsp3) is 0.438. The molecule has 20 heavy (non-hydrogen) atoms. The molecule has 0 bridgehead atoms. The molecular formula is C16H20N4. The number of hydrogen-bond acceptors (Lipinski definition) is 4. The van der Waals surface area contributed by atoms with Gasteiger partial charge in [0.05, 0.1) is 0 Å². The molecule has 2 aromatic heterocycles. The van der Waals surface area contributed by atoms with Gasteiger partial charge < -0.3 is 5.32 Å². The van der Waals surface area contributed by atoms with Crippen molar-refractivity contribution < 1.29 is 0 Å². The SMILES string of the molecule is Cc1cccc(CC(C)Nc2cc(C3CC3)ncn2)n1. The maximum absolute atomic E-state index is 4.54. The average molecular weight is 268 g/mol. The van der Waals surface area contributed by atoms with Gasteiger partial charge in [-0.05, 0) is 38.8 Å². The summed E-state index contributed by atoms with van der Waals surface area (Å²) in [6.07, 6.45) is 5.08. The highest BCUT2D eigenvalue weighted by atomic mass is 15.0. The third kappa shape index (κ3) is 3.32. The second kappa shape index (κ2) is 5.57. The zero-order valence-electron chi connectivity index (χ0n) is 12.0. The summed E-state index contributed by atoms with van der Waals surface area (Å²) in [5.74, 6) is 1.58. The van der Waals surface area contributed by atoms with Crippen LogP contribution >= 0.6 is 0 Å². The third-order valence-electron chi connectivity index (χ3n) is 3.54. The van der Waals surface area contributed by atoms with Gasteiger partial charge in [0.1, 0.15) is 12.1 Å². The van der Waals surface area contributed by atoms with Crippen molar-refractivity contribution in [3.63, 3.8) is 0 Å². The number of nitrogens with zero attached hydrogens (tertiary/aromatic N) is 3. The molecule has 4 nitrogen and oxygen atoms in total. The normalized spacial score (nSPS) is 15.9. The van der Waals surface area contributed by atoms with E-state index in [2.05, 4.69) is 45.4 Å². The Morgan fingerprint density at radius 1 is 1.30 bits per heavy atom. The van der Waals surface area contributed by atoms with Gasteiger partial charge in [-0.1, -0.05) is 6.07 Å². The molecule has 0 saturated heterocycles. The Hall–Kier alpha value is -1.97. The van der Waals surface area contributed by atoms with Crippen molar-refractivity contribution in [1.82, 2.24) is 15.0 Å². The lowest BCUT2D eigenvalue weighted by Crippen LogP contribution is -2.19. The van der Waals surface area contributed by atoms with Crippen LogP contribution in [-0.4, -0.2) is 21.0 Å². The Balaban J connectivity index is 1.63. The highest BCUT2D eigenvalue weighted by molar-refractivity contribution is 5.38. The molecule has 1 atom stereocenters. The molecule has 2 heterocycles.